The predicted molar refractivity (Wildman–Crippen MR) is 33.3 cm³/mol. The maximum atomic E-state index is 4.77. The number of hydrogen-bond donors (Lipinski definition) is 0. The summed E-state index contributed by atoms with van der Waals surface area (Å²) in [5.74, 6) is 0. The summed E-state index contributed by atoms with van der Waals surface area (Å²) in [4.78, 5) is 0. The van der Waals surface area contributed by atoms with Crippen LogP contribution in [0.5, 0.6) is 0 Å². The van der Waals surface area contributed by atoms with Gasteiger partial charge in [-0.05, 0) is 6.42 Å². The molecule has 0 aliphatic carbocycles. The molecular formula is C5H13BO. The van der Waals surface area contributed by atoms with Gasteiger partial charge >= 0.3 is 0 Å². The van der Waals surface area contributed by atoms with E-state index >= 15 is 0 Å². The highest BCUT2D eigenvalue weighted by Gasteiger charge is 1.79. The Balaban J connectivity index is 0. The lowest BCUT2D eigenvalue weighted by Gasteiger charge is -1.93. The van der Waals surface area contributed by atoms with E-state index in [9.17, 15) is 0 Å². The van der Waals surface area contributed by atoms with Crippen LogP contribution in [0.2, 0.25) is 0 Å². The molecular weight excluding hydrogens is 86.9 g/mol. The fourth-order valence-corrected chi connectivity index (χ4v) is 0.435. The molecule has 0 aliphatic rings. The topological polar surface area (TPSA) is 9.23 Å². The predicted octanol–water partition coefficient (Wildman–Crippen LogP) is 1.52. The molecule has 0 N–H and O–H groups in total. The summed E-state index contributed by atoms with van der Waals surface area (Å²) >= 11 is 0. The second-order valence-corrected chi connectivity index (χ2v) is 1.58. The minimum atomic E-state index is 0. The van der Waals surface area contributed by atoms with Gasteiger partial charge in [0.05, 0.1) is 0 Å². The average Bonchev–Trinajstić information content (AvgIpc) is 1.69. The van der Waals surface area contributed by atoms with E-state index in [1.807, 2.05) is 0 Å². The molecule has 7 heavy (non-hydrogen) atoms. The Bertz CT molecular complexity index is 31.6. The van der Waals surface area contributed by atoms with Gasteiger partial charge < -0.3 is 4.65 Å². The first-order chi connectivity index (χ1) is 3.41. The van der Waals surface area contributed by atoms with Gasteiger partial charge in [-0.25, -0.2) is 0 Å². The lowest BCUT2D eigenvalue weighted by Crippen LogP contribution is -1.87. The van der Waals surface area contributed by atoms with Crippen molar-refractivity contribution in [3.63, 3.8) is 0 Å². The molecule has 0 saturated heterocycles. The molecule has 2 heteroatoms. The minimum absolute atomic E-state index is 0. The molecule has 0 aliphatic heterocycles. The van der Waals surface area contributed by atoms with E-state index in [0.717, 1.165) is 6.42 Å². The molecule has 0 heterocycles. The first-order valence-corrected chi connectivity index (χ1v) is 2.73. The third kappa shape index (κ3) is 6.02. The number of hydrogen-bond acceptors (Lipinski definition) is 1. The lowest BCUT2D eigenvalue weighted by atomic mass is 10.3. The molecule has 0 aromatic heterocycles. The standard InChI is InChI=1S/C5H11BO.H2/c1-2-3-4-5-7-6;/h2-5H2,1H3;1H. The van der Waals surface area contributed by atoms with Crippen LogP contribution in [0.4, 0.5) is 0 Å². The van der Waals surface area contributed by atoms with Crippen LogP contribution >= 0.6 is 0 Å². The van der Waals surface area contributed by atoms with Crippen LogP contribution in [0.25, 0.3) is 0 Å². The van der Waals surface area contributed by atoms with E-state index in [1.54, 1.807) is 0 Å². The summed E-state index contributed by atoms with van der Waals surface area (Å²) in [6.45, 7) is 2.85. The Morgan fingerprint density at radius 1 is 1.57 bits per heavy atom. The normalized spacial score (nSPS) is 9.29. The Morgan fingerprint density at radius 3 is 2.71 bits per heavy atom. The van der Waals surface area contributed by atoms with Crippen LogP contribution in [0.3, 0.4) is 0 Å². The molecule has 0 aromatic carbocycles. The van der Waals surface area contributed by atoms with Gasteiger partial charge in [0.15, 0.2) is 0 Å². The van der Waals surface area contributed by atoms with E-state index in [-0.39, 0.29) is 1.43 Å². The maximum Gasteiger partial charge on any atom is 0.282 e. The van der Waals surface area contributed by atoms with Crippen molar-refractivity contribution in [1.29, 1.82) is 0 Å². The van der Waals surface area contributed by atoms with Crippen molar-refractivity contribution in [3.8, 4) is 0 Å². The summed E-state index contributed by atoms with van der Waals surface area (Å²) in [6, 6.07) is 0. The summed E-state index contributed by atoms with van der Waals surface area (Å²) in [7, 11) is 4.77. The average molecular weight is 100.0 g/mol. The highest BCUT2D eigenvalue weighted by atomic mass is 16.4. The van der Waals surface area contributed by atoms with Crippen molar-refractivity contribution in [2.24, 2.45) is 0 Å². The van der Waals surface area contributed by atoms with Gasteiger partial charge in [0.1, 0.15) is 0 Å². The van der Waals surface area contributed by atoms with E-state index in [0.29, 0.717) is 6.61 Å². The van der Waals surface area contributed by atoms with Crippen molar-refractivity contribution in [2.75, 3.05) is 6.61 Å². The SMILES string of the molecule is [B]OCCCCC.[HH]. The Morgan fingerprint density at radius 2 is 2.29 bits per heavy atom. The summed E-state index contributed by atoms with van der Waals surface area (Å²) in [6.07, 6.45) is 3.54. The highest BCUT2D eigenvalue weighted by Crippen LogP contribution is 1.91. The Hall–Kier alpha value is 0.0249. The molecule has 0 unspecified atom stereocenters. The number of unbranched alkanes of at least 4 members (excludes halogenated alkanes) is 2. The zero-order valence-corrected chi connectivity index (χ0v) is 4.81. The van der Waals surface area contributed by atoms with Crippen molar-refractivity contribution in [1.82, 2.24) is 0 Å². The van der Waals surface area contributed by atoms with Gasteiger partial charge in [-0.15, -0.1) is 0 Å². The fourth-order valence-electron chi connectivity index (χ4n) is 0.435. The van der Waals surface area contributed by atoms with Crippen LogP contribution in [0, 0.1) is 0 Å². The maximum absolute atomic E-state index is 4.77. The van der Waals surface area contributed by atoms with E-state index in [4.69, 9.17) is 8.05 Å². The van der Waals surface area contributed by atoms with Crippen LogP contribution < -0.4 is 0 Å². The molecule has 0 bridgehead atoms. The molecule has 0 rings (SSSR count). The van der Waals surface area contributed by atoms with Crippen LogP contribution in [0.15, 0.2) is 0 Å². The van der Waals surface area contributed by atoms with Gasteiger partial charge in [0, 0.05) is 8.03 Å². The largest absolute Gasteiger partial charge is 0.448 e. The molecule has 2 radical (unpaired) electrons. The highest BCUT2D eigenvalue weighted by molar-refractivity contribution is 5.97. The van der Waals surface area contributed by atoms with Gasteiger partial charge in [0.25, 0.3) is 8.05 Å². The third-order valence-corrected chi connectivity index (χ3v) is 0.866. The van der Waals surface area contributed by atoms with Crippen LogP contribution in [-0.4, -0.2) is 14.7 Å². The molecule has 0 amide bonds. The van der Waals surface area contributed by atoms with Crippen molar-refractivity contribution in [2.45, 2.75) is 26.2 Å². The summed E-state index contributed by atoms with van der Waals surface area (Å²) in [5.41, 5.74) is 0. The number of rotatable bonds is 4. The van der Waals surface area contributed by atoms with E-state index < -0.39 is 0 Å². The van der Waals surface area contributed by atoms with Crippen molar-refractivity contribution >= 4 is 8.05 Å². The molecule has 0 spiro atoms. The molecule has 0 atom stereocenters. The van der Waals surface area contributed by atoms with E-state index in [1.165, 1.54) is 12.8 Å². The molecule has 42 valence electrons. The summed E-state index contributed by atoms with van der Waals surface area (Å²) in [5, 5.41) is 0. The fraction of sp³-hybridized carbons (Fsp3) is 1.00. The van der Waals surface area contributed by atoms with E-state index in [2.05, 4.69) is 11.6 Å². The Labute approximate surface area is 48.0 Å². The van der Waals surface area contributed by atoms with Crippen molar-refractivity contribution < 1.29 is 6.08 Å². The molecule has 0 saturated carbocycles. The van der Waals surface area contributed by atoms with Crippen LogP contribution in [-0.2, 0) is 4.65 Å². The molecule has 0 aromatic rings. The second-order valence-electron chi connectivity index (χ2n) is 1.58. The molecule has 1 nitrogen and oxygen atoms in total. The first-order valence-electron chi connectivity index (χ1n) is 2.73. The second kappa shape index (κ2) is 6.02. The zero-order chi connectivity index (χ0) is 5.54. The Kier molecular flexibility index (Phi) is 6.05. The van der Waals surface area contributed by atoms with Gasteiger partial charge in [-0.1, -0.05) is 19.8 Å². The van der Waals surface area contributed by atoms with Gasteiger partial charge in [0.2, 0.25) is 0 Å². The third-order valence-electron chi connectivity index (χ3n) is 0.866. The van der Waals surface area contributed by atoms with Crippen molar-refractivity contribution in [3.05, 3.63) is 0 Å². The summed E-state index contributed by atoms with van der Waals surface area (Å²) < 4.78 is 4.34. The smallest absolute Gasteiger partial charge is 0.282 e. The first kappa shape index (κ1) is 7.02. The minimum Gasteiger partial charge on any atom is -0.448 e. The monoisotopic (exact) mass is 100 g/mol. The van der Waals surface area contributed by atoms with Crippen LogP contribution in [0.1, 0.15) is 27.6 Å². The quantitative estimate of drug-likeness (QED) is 0.384. The molecule has 0 fully saturated rings. The zero-order valence-electron chi connectivity index (χ0n) is 4.81. The lowest BCUT2D eigenvalue weighted by molar-refractivity contribution is 0.335. The van der Waals surface area contributed by atoms with Gasteiger partial charge in [-0.2, -0.15) is 0 Å². The van der Waals surface area contributed by atoms with Gasteiger partial charge in [-0.3, -0.25) is 0 Å².